The van der Waals surface area contributed by atoms with Crippen molar-refractivity contribution in [2.45, 2.75) is 96.5 Å². The Kier molecular flexibility index (Phi) is 25.6. The lowest BCUT2D eigenvalue weighted by Crippen LogP contribution is -2.33. The molecule has 0 radical (unpaired) electrons. The second-order valence-corrected chi connectivity index (χ2v) is 10.7. The number of esters is 2. The Morgan fingerprint density at radius 1 is 0.702 bits per heavy atom. The first-order valence-electron chi connectivity index (χ1n) is 16.4. The Balaban J connectivity index is 0.000000426. The van der Waals surface area contributed by atoms with Gasteiger partial charge in [0.15, 0.2) is 12.6 Å². The van der Waals surface area contributed by atoms with Crippen LogP contribution in [-0.2, 0) is 61.7 Å². The van der Waals surface area contributed by atoms with Gasteiger partial charge in [-0.2, -0.15) is 0 Å². The third kappa shape index (κ3) is 28.7. The van der Waals surface area contributed by atoms with E-state index in [0.29, 0.717) is 65.0 Å². The molecule has 1 N–H and O–H groups in total. The normalized spacial score (nSPS) is 21.3. The summed E-state index contributed by atoms with van der Waals surface area (Å²) in [6.07, 6.45) is 4.19. The third-order valence-electron chi connectivity index (χ3n) is 6.15. The van der Waals surface area contributed by atoms with E-state index in [0.717, 1.165) is 19.8 Å². The first-order valence-corrected chi connectivity index (χ1v) is 16.4. The van der Waals surface area contributed by atoms with Gasteiger partial charge in [-0.1, -0.05) is 12.2 Å². The highest BCUT2D eigenvalue weighted by molar-refractivity contribution is 5.69. The molecule has 0 saturated carbocycles. The summed E-state index contributed by atoms with van der Waals surface area (Å²) in [5, 5.41) is 9.91. The van der Waals surface area contributed by atoms with E-state index in [2.05, 4.69) is 13.2 Å². The third-order valence-corrected chi connectivity index (χ3v) is 6.15. The van der Waals surface area contributed by atoms with Crippen LogP contribution < -0.4 is 0 Å². The van der Waals surface area contributed by atoms with E-state index in [-0.39, 0.29) is 69.1 Å². The molecule has 3 fully saturated rings. The molecular weight excluding hydrogens is 620 g/mol. The van der Waals surface area contributed by atoms with Crippen LogP contribution in [0.5, 0.6) is 0 Å². The number of carbonyl (C=O) groups excluding carboxylic acids is 2. The fourth-order valence-electron chi connectivity index (χ4n) is 3.27. The molecular formula is C33H58O14. The maximum atomic E-state index is 11.4. The standard InChI is InChI=1S/C18H32O8.C8H12O3.C7H14O3/c1-4-6-7-18(20)26-9-15(19)8-24-16(10-21-11-17-13-25-17)12-23-14(3)22-5-2;1-2-3-4-8(9)11-6-7-5-10-7;1-3-8-6(2)9-4-7-5-10-7/h4,14-17,19H,1,5-13H2,2-3H3;2,7H,1,3-6H2;6-7H,3-5H2,1-2H3. The van der Waals surface area contributed by atoms with Crippen LogP contribution in [0.1, 0.15) is 53.4 Å². The zero-order chi connectivity index (χ0) is 34.7. The highest BCUT2D eigenvalue weighted by atomic mass is 16.7. The fraction of sp³-hybridized carbons (Fsp3) is 0.818. The molecule has 0 aliphatic carbocycles. The zero-order valence-corrected chi connectivity index (χ0v) is 28.7. The van der Waals surface area contributed by atoms with Crippen molar-refractivity contribution in [2.24, 2.45) is 0 Å². The molecule has 47 heavy (non-hydrogen) atoms. The average Bonchev–Trinajstić information content (AvgIpc) is 3.90. The molecule has 14 heteroatoms. The van der Waals surface area contributed by atoms with E-state index < -0.39 is 6.10 Å². The monoisotopic (exact) mass is 678 g/mol. The fourth-order valence-corrected chi connectivity index (χ4v) is 3.27. The Hall–Kier alpha value is -1.98. The summed E-state index contributed by atoms with van der Waals surface area (Å²) in [6, 6.07) is 0. The largest absolute Gasteiger partial charge is 0.463 e. The average molecular weight is 679 g/mol. The van der Waals surface area contributed by atoms with Gasteiger partial charge in [-0.25, -0.2) is 0 Å². The van der Waals surface area contributed by atoms with Gasteiger partial charge in [-0.15, -0.1) is 13.2 Å². The Labute approximate surface area is 279 Å². The van der Waals surface area contributed by atoms with Crippen molar-refractivity contribution < 1.29 is 66.8 Å². The van der Waals surface area contributed by atoms with Crippen molar-refractivity contribution in [3.8, 4) is 0 Å². The van der Waals surface area contributed by atoms with Gasteiger partial charge in [-0.05, 0) is 40.5 Å². The van der Waals surface area contributed by atoms with Crippen molar-refractivity contribution in [3.63, 3.8) is 0 Å². The van der Waals surface area contributed by atoms with Crippen molar-refractivity contribution in [2.75, 3.05) is 79.3 Å². The van der Waals surface area contributed by atoms with Gasteiger partial charge in [0.25, 0.3) is 0 Å². The maximum Gasteiger partial charge on any atom is 0.306 e. The van der Waals surface area contributed by atoms with Crippen LogP contribution in [-0.4, -0.2) is 139 Å². The summed E-state index contributed by atoms with van der Waals surface area (Å²) < 4.78 is 57.2. The van der Waals surface area contributed by atoms with E-state index in [4.69, 9.17) is 52.1 Å². The summed E-state index contributed by atoms with van der Waals surface area (Å²) >= 11 is 0. The molecule has 0 amide bonds. The lowest BCUT2D eigenvalue weighted by atomic mass is 10.3. The second kappa shape index (κ2) is 27.9. The molecule has 0 spiro atoms. The zero-order valence-electron chi connectivity index (χ0n) is 28.7. The molecule has 0 aromatic carbocycles. The van der Waals surface area contributed by atoms with Crippen LogP contribution >= 0.6 is 0 Å². The number of hydrogen-bond donors (Lipinski definition) is 1. The molecule has 14 nitrogen and oxygen atoms in total. The predicted molar refractivity (Wildman–Crippen MR) is 171 cm³/mol. The molecule has 3 saturated heterocycles. The molecule has 7 atom stereocenters. The minimum atomic E-state index is -0.915. The Morgan fingerprint density at radius 3 is 1.74 bits per heavy atom. The Bertz CT molecular complexity index is 815. The Morgan fingerprint density at radius 2 is 1.21 bits per heavy atom. The molecule has 274 valence electrons. The number of carbonyl (C=O) groups is 2. The van der Waals surface area contributed by atoms with E-state index in [9.17, 15) is 14.7 Å². The quantitative estimate of drug-likeness (QED) is 0.0583. The predicted octanol–water partition coefficient (Wildman–Crippen LogP) is 2.74. The first kappa shape index (κ1) is 43.0. The van der Waals surface area contributed by atoms with Gasteiger partial charge in [0.1, 0.15) is 43.7 Å². The lowest BCUT2D eigenvalue weighted by Gasteiger charge is -2.22. The van der Waals surface area contributed by atoms with Crippen LogP contribution in [0.15, 0.2) is 25.3 Å². The number of aliphatic hydroxyl groups is 1. The molecule has 0 aromatic heterocycles. The topological polar surface area (TPSA) is 166 Å². The molecule has 0 aromatic rings. The van der Waals surface area contributed by atoms with Crippen LogP contribution in [0.4, 0.5) is 0 Å². The number of hydrogen-bond acceptors (Lipinski definition) is 14. The molecule has 0 bridgehead atoms. The lowest BCUT2D eigenvalue weighted by molar-refractivity contribution is -0.166. The van der Waals surface area contributed by atoms with Gasteiger partial charge in [-0.3, -0.25) is 9.59 Å². The summed E-state index contributed by atoms with van der Waals surface area (Å²) in [5.41, 5.74) is 0. The minimum Gasteiger partial charge on any atom is -0.463 e. The van der Waals surface area contributed by atoms with E-state index >= 15 is 0 Å². The van der Waals surface area contributed by atoms with Gasteiger partial charge in [0, 0.05) is 26.1 Å². The van der Waals surface area contributed by atoms with Crippen molar-refractivity contribution >= 4 is 11.9 Å². The maximum absolute atomic E-state index is 11.4. The van der Waals surface area contributed by atoms with Gasteiger partial charge >= 0.3 is 11.9 Å². The smallest absolute Gasteiger partial charge is 0.306 e. The molecule has 3 heterocycles. The van der Waals surface area contributed by atoms with Gasteiger partial charge < -0.3 is 57.2 Å². The second-order valence-electron chi connectivity index (χ2n) is 10.7. The number of ether oxygens (including phenoxy) is 11. The number of rotatable bonds is 27. The van der Waals surface area contributed by atoms with Crippen molar-refractivity contribution in [3.05, 3.63) is 25.3 Å². The van der Waals surface area contributed by atoms with E-state index in [1.165, 1.54) is 0 Å². The summed E-state index contributed by atoms with van der Waals surface area (Å²) in [5.74, 6) is -0.539. The summed E-state index contributed by atoms with van der Waals surface area (Å²) in [4.78, 5) is 22.2. The molecule has 7 unspecified atom stereocenters. The number of allylic oxidation sites excluding steroid dienone is 2. The van der Waals surface area contributed by atoms with Crippen LogP contribution in [0, 0.1) is 0 Å². The van der Waals surface area contributed by atoms with E-state index in [1.807, 2.05) is 20.8 Å². The van der Waals surface area contributed by atoms with Crippen LogP contribution in [0.2, 0.25) is 0 Å². The first-order chi connectivity index (χ1) is 22.7. The highest BCUT2D eigenvalue weighted by Crippen LogP contribution is 2.11. The molecule has 3 rings (SSSR count). The highest BCUT2D eigenvalue weighted by Gasteiger charge is 2.25. The van der Waals surface area contributed by atoms with Crippen LogP contribution in [0.3, 0.4) is 0 Å². The minimum absolute atomic E-state index is 0.00900. The summed E-state index contributed by atoms with van der Waals surface area (Å²) in [6.45, 7) is 20.2. The number of aliphatic hydroxyl groups excluding tert-OH is 1. The van der Waals surface area contributed by atoms with Gasteiger partial charge in [0.2, 0.25) is 0 Å². The molecule has 3 aliphatic rings. The van der Waals surface area contributed by atoms with Crippen molar-refractivity contribution in [1.29, 1.82) is 0 Å². The number of epoxide rings is 3. The van der Waals surface area contributed by atoms with Crippen LogP contribution in [0.25, 0.3) is 0 Å². The van der Waals surface area contributed by atoms with Crippen molar-refractivity contribution in [1.82, 2.24) is 0 Å². The van der Waals surface area contributed by atoms with E-state index in [1.54, 1.807) is 19.1 Å². The molecule has 3 aliphatic heterocycles. The SMILES string of the molecule is C=CCCC(=O)OCC(O)COC(COCC1CO1)COC(C)OCC.C=CCCC(=O)OCC1CO1.CCOC(C)OCC1CO1. The van der Waals surface area contributed by atoms with Gasteiger partial charge in [0.05, 0.1) is 52.9 Å². The summed E-state index contributed by atoms with van der Waals surface area (Å²) in [7, 11) is 0.